The van der Waals surface area contributed by atoms with Crippen LogP contribution in [0.4, 0.5) is 0 Å². The van der Waals surface area contributed by atoms with Gasteiger partial charge in [-0.1, -0.05) is 24.9 Å². The van der Waals surface area contributed by atoms with E-state index in [1.165, 1.54) is 0 Å². The molecule has 0 aliphatic heterocycles. The Morgan fingerprint density at radius 2 is 2.13 bits per heavy atom. The molecule has 1 aromatic carbocycles. The van der Waals surface area contributed by atoms with E-state index in [-0.39, 0.29) is 57.8 Å². The maximum absolute atomic E-state index is 11.7. The number of aryl methyl sites for hydroxylation is 1. The Kier molecular flexibility index (Phi) is 11.5. The van der Waals surface area contributed by atoms with Gasteiger partial charge in [0.1, 0.15) is 5.75 Å². The largest absolute Gasteiger partial charge is 1.00 e. The van der Waals surface area contributed by atoms with Gasteiger partial charge < -0.3 is 23.8 Å². The van der Waals surface area contributed by atoms with Crippen molar-refractivity contribution < 1.29 is 80.0 Å². The van der Waals surface area contributed by atoms with Crippen LogP contribution in [-0.4, -0.2) is 23.3 Å². The molecule has 0 aliphatic carbocycles. The Bertz CT molecular complexity index is 562. The van der Waals surface area contributed by atoms with Crippen LogP contribution in [0.2, 0.25) is 5.02 Å². The van der Waals surface area contributed by atoms with E-state index in [2.05, 4.69) is 0 Å². The molecule has 0 amide bonds. The monoisotopic (exact) mass is 388 g/mol. The predicted octanol–water partition coefficient (Wildman–Crippen LogP) is -0.364. The molecule has 2 unspecified atom stereocenters. The zero-order valence-corrected chi connectivity index (χ0v) is 18.2. The van der Waals surface area contributed by atoms with Gasteiger partial charge in [0.05, 0.1) is 0 Å². The van der Waals surface area contributed by atoms with Crippen LogP contribution in [-0.2, 0) is 14.1 Å². The Hall–Kier alpha value is 0.566. The third kappa shape index (κ3) is 9.00. The standard InChI is InChI=1S/C14H20ClO6P.K/c1-3-4-5-14(22(17,18)19)21-13(16)9-20-12-7-6-11(15)8-10(12)2;/h6-8,14H,3-5,9H2,1-2H3,(H2,17,18,19);/q;+1/p-1. The Labute approximate surface area is 183 Å². The molecule has 1 rings (SSSR count). The average Bonchev–Trinajstić information content (AvgIpc) is 2.41. The molecule has 2 atom stereocenters. The number of hydrogen-bond acceptors (Lipinski definition) is 5. The number of hydrogen-bond donors (Lipinski definition) is 1. The summed E-state index contributed by atoms with van der Waals surface area (Å²) in [5, 5.41) is 0.541. The van der Waals surface area contributed by atoms with Crippen molar-refractivity contribution >= 4 is 25.2 Å². The number of unbranched alkanes of at least 4 members (excludes halogenated alkanes) is 1. The van der Waals surface area contributed by atoms with Gasteiger partial charge in [0.2, 0.25) is 0 Å². The summed E-state index contributed by atoms with van der Waals surface area (Å²) in [6.07, 6.45) is 1.29. The van der Waals surface area contributed by atoms with Gasteiger partial charge in [0, 0.05) is 5.02 Å². The van der Waals surface area contributed by atoms with E-state index in [9.17, 15) is 14.3 Å². The van der Waals surface area contributed by atoms with E-state index in [1.54, 1.807) is 25.1 Å². The van der Waals surface area contributed by atoms with Gasteiger partial charge in [-0.2, -0.15) is 0 Å². The van der Waals surface area contributed by atoms with Gasteiger partial charge in [0.15, 0.2) is 20.0 Å². The zero-order valence-electron chi connectivity index (χ0n) is 13.5. The minimum atomic E-state index is -4.74. The van der Waals surface area contributed by atoms with E-state index in [1.807, 2.05) is 6.92 Å². The first-order chi connectivity index (χ1) is 10.2. The van der Waals surface area contributed by atoms with Crippen molar-refractivity contribution in [2.24, 2.45) is 0 Å². The van der Waals surface area contributed by atoms with Crippen LogP contribution in [0.3, 0.4) is 0 Å². The Morgan fingerprint density at radius 3 is 2.65 bits per heavy atom. The normalized spacial score (nSPS) is 14.3. The molecule has 1 aromatic rings. The van der Waals surface area contributed by atoms with Crippen molar-refractivity contribution in [3.63, 3.8) is 0 Å². The van der Waals surface area contributed by atoms with Crippen LogP contribution in [0.15, 0.2) is 18.2 Å². The van der Waals surface area contributed by atoms with Gasteiger partial charge in [-0.3, -0.25) is 0 Å². The van der Waals surface area contributed by atoms with Crippen LogP contribution in [0.1, 0.15) is 31.7 Å². The van der Waals surface area contributed by atoms with Gasteiger partial charge in [-0.25, -0.2) is 4.79 Å². The molecule has 0 saturated carbocycles. The first kappa shape index (κ1) is 23.6. The molecule has 0 saturated heterocycles. The van der Waals surface area contributed by atoms with Crippen LogP contribution < -0.4 is 61.0 Å². The molecule has 0 fully saturated rings. The van der Waals surface area contributed by atoms with Crippen LogP contribution in [0.5, 0.6) is 5.75 Å². The maximum Gasteiger partial charge on any atom is 1.00 e. The Morgan fingerprint density at radius 1 is 1.48 bits per heavy atom. The van der Waals surface area contributed by atoms with Crippen molar-refractivity contribution in [2.75, 3.05) is 6.61 Å². The molecular weight excluding hydrogens is 370 g/mol. The van der Waals surface area contributed by atoms with E-state index >= 15 is 0 Å². The second-order valence-corrected chi connectivity index (χ2v) is 6.99. The first-order valence-corrected chi connectivity index (χ1v) is 8.88. The van der Waals surface area contributed by atoms with E-state index < -0.39 is 26.0 Å². The molecular formula is C14H19ClKO6P. The molecule has 23 heavy (non-hydrogen) atoms. The molecule has 0 heterocycles. The van der Waals surface area contributed by atoms with Crippen molar-refractivity contribution in [1.29, 1.82) is 0 Å². The molecule has 6 nitrogen and oxygen atoms in total. The topological polar surface area (TPSA) is 95.9 Å². The minimum Gasteiger partial charge on any atom is -0.776 e. The number of esters is 1. The summed E-state index contributed by atoms with van der Waals surface area (Å²) in [4.78, 5) is 31.9. The quantitative estimate of drug-likeness (QED) is 0.371. The molecule has 0 aliphatic rings. The van der Waals surface area contributed by atoms with E-state index in [0.29, 0.717) is 23.6 Å². The zero-order chi connectivity index (χ0) is 16.8. The fourth-order valence-corrected chi connectivity index (χ4v) is 2.75. The van der Waals surface area contributed by atoms with Gasteiger partial charge in [0.25, 0.3) is 0 Å². The molecule has 1 N–H and O–H groups in total. The number of carbonyl (C=O) groups excluding carboxylic acids is 1. The predicted molar refractivity (Wildman–Crippen MR) is 80.9 cm³/mol. The first-order valence-electron chi connectivity index (χ1n) is 6.86. The van der Waals surface area contributed by atoms with E-state index in [4.69, 9.17) is 26.0 Å². The van der Waals surface area contributed by atoms with E-state index in [0.717, 1.165) is 5.56 Å². The number of benzene rings is 1. The van der Waals surface area contributed by atoms with Crippen molar-refractivity contribution in [3.8, 4) is 5.75 Å². The minimum absolute atomic E-state index is 0. The molecule has 0 spiro atoms. The summed E-state index contributed by atoms with van der Waals surface area (Å²) in [6, 6.07) is 4.88. The number of carbonyl (C=O) groups is 1. The summed E-state index contributed by atoms with van der Waals surface area (Å²) in [6.45, 7) is 3.17. The van der Waals surface area contributed by atoms with Crippen molar-refractivity contribution in [1.82, 2.24) is 0 Å². The average molecular weight is 389 g/mol. The van der Waals surface area contributed by atoms with Gasteiger partial charge >= 0.3 is 57.4 Å². The Balaban J connectivity index is 0.00000484. The molecule has 9 heteroatoms. The second kappa shape index (κ2) is 11.2. The van der Waals surface area contributed by atoms with Crippen LogP contribution in [0, 0.1) is 6.92 Å². The second-order valence-electron chi connectivity index (χ2n) is 4.85. The van der Waals surface area contributed by atoms with Crippen LogP contribution >= 0.6 is 19.2 Å². The third-order valence-electron chi connectivity index (χ3n) is 2.92. The molecule has 0 aromatic heterocycles. The number of rotatable bonds is 8. The number of halogens is 1. The van der Waals surface area contributed by atoms with Crippen LogP contribution in [0.25, 0.3) is 0 Å². The number of ether oxygens (including phenoxy) is 2. The van der Waals surface area contributed by atoms with Gasteiger partial charge in [-0.15, -0.1) is 0 Å². The summed E-state index contributed by atoms with van der Waals surface area (Å²) < 4.78 is 21.2. The fourth-order valence-electron chi connectivity index (χ4n) is 1.76. The summed E-state index contributed by atoms with van der Waals surface area (Å²) in [5.74, 6) is -1.95. The molecule has 0 radical (unpaired) electrons. The van der Waals surface area contributed by atoms with Gasteiger partial charge in [-0.05, 0) is 43.5 Å². The summed E-state index contributed by atoms with van der Waals surface area (Å²) >= 11 is 5.81. The molecule has 124 valence electrons. The fraction of sp³-hybridized carbons (Fsp3) is 0.500. The summed E-state index contributed by atoms with van der Waals surface area (Å²) in [5.41, 5.74) is 0.736. The van der Waals surface area contributed by atoms with Crippen molar-refractivity contribution in [3.05, 3.63) is 28.8 Å². The maximum atomic E-state index is 11.7. The SMILES string of the molecule is CCCCC(OC(=O)COc1ccc(Cl)cc1C)P(=O)([O-])O.[K+]. The smallest absolute Gasteiger partial charge is 0.776 e. The third-order valence-corrected chi connectivity index (χ3v) is 4.25. The van der Waals surface area contributed by atoms with Crippen molar-refractivity contribution in [2.45, 2.75) is 39.0 Å². The summed E-state index contributed by atoms with van der Waals surface area (Å²) in [7, 11) is -4.74. The molecule has 0 bridgehead atoms.